The van der Waals surface area contributed by atoms with Gasteiger partial charge in [0.25, 0.3) is 0 Å². The molecule has 0 aliphatic carbocycles. The molecule has 0 saturated carbocycles. The van der Waals surface area contributed by atoms with Crippen molar-refractivity contribution in [2.75, 3.05) is 19.8 Å². The molecule has 12 heteroatoms. The van der Waals surface area contributed by atoms with Crippen LogP contribution in [-0.4, -0.2) is 51.4 Å². The number of esters is 3. The third kappa shape index (κ3) is 40.9. The first-order valence-electron chi connectivity index (χ1n) is 31.1. The van der Waals surface area contributed by atoms with Crippen LogP contribution in [0, 0.1) is 0 Å². The number of hydrogen-bond donors (Lipinski definition) is 0. The van der Waals surface area contributed by atoms with Crippen molar-refractivity contribution in [3.05, 3.63) is 67.9 Å². The molecule has 0 bridgehead atoms. The largest absolute Gasteiger partial charge is 0.464 e. The van der Waals surface area contributed by atoms with Crippen molar-refractivity contribution in [2.45, 2.75) is 310 Å². The molecule has 0 amide bonds. The summed E-state index contributed by atoms with van der Waals surface area (Å²) in [4.78, 5) is 78.7. The van der Waals surface area contributed by atoms with E-state index in [2.05, 4.69) is 57.2 Å². The molecule has 0 radical (unpaired) electrons. The van der Waals surface area contributed by atoms with Gasteiger partial charge in [-0.1, -0.05) is 231 Å². The Labute approximate surface area is 456 Å². The third-order valence-corrected chi connectivity index (χ3v) is 14.1. The maximum Gasteiger partial charge on any atom is 0.336 e. The summed E-state index contributed by atoms with van der Waals surface area (Å²) in [5.41, 5.74) is -2.64. The first-order chi connectivity index (χ1) is 36.8. The van der Waals surface area contributed by atoms with E-state index in [0.29, 0.717) is 19.3 Å². The second kappa shape index (κ2) is 52.1. The van der Waals surface area contributed by atoms with Crippen molar-refractivity contribution in [1.82, 2.24) is 13.7 Å². The second-order valence-corrected chi connectivity index (χ2v) is 20.9. The van der Waals surface area contributed by atoms with Gasteiger partial charge in [-0.3, -0.25) is 14.4 Å². The zero-order valence-corrected chi connectivity index (χ0v) is 48.4. The van der Waals surface area contributed by atoms with Gasteiger partial charge < -0.3 is 14.2 Å². The van der Waals surface area contributed by atoms with Gasteiger partial charge in [0.2, 0.25) is 0 Å². The van der Waals surface area contributed by atoms with Gasteiger partial charge in [0, 0.05) is 19.3 Å². The minimum Gasteiger partial charge on any atom is -0.464 e. The van der Waals surface area contributed by atoms with Crippen LogP contribution < -0.4 is 17.1 Å². The molecule has 0 aliphatic heterocycles. The number of nitrogens with zero attached hydrogens (tertiary/aromatic N) is 3. The Morgan fingerprint density at radius 2 is 0.480 bits per heavy atom. The van der Waals surface area contributed by atoms with Gasteiger partial charge in [0.15, 0.2) is 0 Å². The minimum atomic E-state index is -0.879. The van der Waals surface area contributed by atoms with Crippen molar-refractivity contribution < 1.29 is 28.6 Å². The van der Waals surface area contributed by atoms with Crippen molar-refractivity contribution in [2.24, 2.45) is 0 Å². The summed E-state index contributed by atoms with van der Waals surface area (Å²) in [5, 5.41) is 0. The minimum absolute atomic E-state index is 0.222. The van der Waals surface area contributed by atoms with E-state index in [4.69, 9.17) is 14.2 Å². The molecule has 432 valence electrons. The van der Waals surface area contributed by atoms with Crippen LogP contribution in [0.25, 0.3) is 0 Å². The molecule has 0 saturated heterocycles. The van der Waals surface area contributed by atoms with E-state index < -0.39 is 35.0 Å². The normalized spacial score (nSPS) is 11.7. The fraction of sp³-hybridized carbons (Fsp3) is 0.810. The molecular weight excluding hydrogens is 943 g/mol. The van der Waals surface area contributed by atoms with Crippen LogP contribution in [0.3, 0.4) is 0 Å². The van der Waals surface area contributed by atoms with Gasteiger partial charge in [-0.2, -0.15) is 0 Å². The van der Waals surface area contributed by atoms with E-state index >= 15 is 0 Å². The maximum absolute atomic E-state index is 13.6. The Morgan fingerprint density at radius 3 is 0.680 bits per heavy atom. The standard InChI is InChI=1S/C63H111N3O9/c1-4-7-10-13-16-19-22-25-28-31-34-37-40-43-46-49-58(67)73-55-52-64-61(70)65(53-56-74-59(68)50-47-44-41-38-35-32-29-26-23-20-17-14-11-8-5-2)63(72)66(62(64)71)54-57-75-60(69)51-48-45-42-39-36-33-30-27-24-21-18-15-12-9-6-3/h7-12H,4-6,13-57H2,1-3H3/b10-7+,11-8+,12-9+. The zero-order valence-electron chi connectivity index (χ0n) is 48.4. The number of ether oxygens (including phenoxy) is 3. The highest BCUT2D eigenvalue weighted by atomic mass is 16.5. The molecule has 1 rings (SSSR count). The number of carbonyl (C=O) groups is 3. The second-order valence-electron chi connectivity index (χ2n) is 20.9. The SMILES string of the molecule is CC/C=C/CCCCCCCCCCCCCC(=O)OCCn1c(=O)n(CCOC(=O)CCCCCCCCCCCCC/C=C/CC)c(=O)n(CCOC(=O)CCCCCCCCCCCCC/C=C/CC)c1=O. The Hall–Kier alpha value is -3.96. The van der Waals surface area contributed by atoms with Gasteiger partial charge in [0.1, 0.15) is 19.8 Å². The molecule has 1 aromatic rings. The lowest BCUT2D eigenvalue weighted by molar-refractivity contribution is -0.144. The smallest absolute Gasteiger partial charge is 0.336 e. The highest BCUT2D eigenvalue weighted by Gasteiger charge is 2.17. The molecule has 0 unspecified atom stereocenters. The molecule has 0 spiro atoms. The quantitative estimate of drug-likeness (QED) is 0.0269. The molecule has 1 aromatic heterocycles. The van der Waals surface area contributed by atoms with Gasteiger partial charge >= 0.3 is 35.0 Å². The monoisotopic (exact) mass is 1050 g/mol. The van der Waals surface area contributed by atoms with Crippen molar-refractivity contribution in [3.8, 4) is 0 Å². The lowest BCUT2D eigenvalue weighted by Gasteiger charge is -2.14. The van der Waals surface area contributed by atoms with Gasteiger partial charge in [-0.05, 0) is 77.0 Å². The first-order valence-corrected chi connectivity index (χ1v) is 31.1. The zero-order chi connectivity index (χ0) is 54.5. The third-order valence-electron chi connectivity index (χ3n) is 14.1. The number of rotatable bonds is 54. The molecule has 0 N–H and O–H groups in total. The highest BCUT2D eigenvalue weighted by Crippen LogP contribution is 2.16. The van der Waals surface area contributed by atoms with Crippen LogP contribution in [0.2, 0.25) is 0 Å². The Balaban J connectivity index is 2.58. The summed E-state index contributed by atoms with van der Waals surface area (Å²) in [5.74, 6) is -1.21. The molecule has 1 heterocycles. The summed E-state index contributed by atoms with van der Waals surface area (Å²) in [7, 11) is 0. The highest BCUT2D eigenvalue weighted by molar-refractivity contribution is 5.69. The molecular formula is C63H111N3O9. The molecule has 0 atom stereocenters. The lowest BCUT2D eigenvalue weighted by atomic mass is 10.0. The van der Waals surface area contributed by atoms with Crippen LogP contribution >= 0.6 is 0 Å². The predicted molar refractivity (Wildman–Crippen MR) is 310 cm³/mol. The fourth-order valence-electron chi connectivity index (χ4n) is 9.45. The van der Waals surface area contributed by atoms with E-state index in [-0.39, 0.29) is 58.7 Å². The molecule has 0 aromatic carbocycles. The number of hydrogen-bond acceptors (Lipinski definition) is 9. The van der Waals surface area contributed by atoms with Crippen LogP contribution in [-0.2, 0) is 48.2 Å². The van der Waals surface area contributed by atoms with Gasteiger partial charge in [-0.25, -0.2) is 28.1 Å². The van der Waals surface area contributed by atoms with Crippen LogP contribution in [0.5, 0.6) is 0 Å². The van der Waals surface area contributed by atoms with E-state index in [9.17, 15) is 28.8 Å². The van der Waals surface area contributed by atoms with Crippen LogP contribution in [0.15, 0.2) is 50.8 Å². The lowest BCUT2D eigenvalue weighted by Crippen LogP contribution is -2.55. The van der Waals surface area contributed by atoms with Crippen molar-refractivity contribution >= 4 is 17.9 Å². The maximum atomic E-state index is 13.6. The predicted octanol–water partition coefficient (Wildman–Crippen LogP) is 15.9. The summed E-state index contributed by atoms with van der Waals surface area (Å²) < 4.78 is 18.9. The van der Waals surface area contributed by atoms with Gasteiger partial charge in [-0.15, -0.1) is 0 Å². The summed E-state index contributed by atoms with van der Waals surface area (Å²) in [6.45, 7) is 5.07. The number of unbranched alkanes of at least 4 members (excludes halogenated alkanes) is 33. The summed E-state index contributed by atoms with van der Waals surface area (Å²) >= 11 is 0. The molecule has 0 aliphatic rings. The average molecular weight is 1050 g/mol. The molecule has 0 fully saturated rings. The van der Waals surface area contributed by atoms with E-state index in [1.165, 1.54) is 154 Å². The Bertz CT molecular complexity index is 1570. The Morgan fingerprint density at radius 1 is 0.293 bits per heavy atom. The van der Waals surface area contributed by atoms with Gasteiger partial charge in [0.05, 0.1) is 19.6 Å². The van der Waals surface area contributed by atoms with E-state index in [1.54, 1.807) is 0 Å². The van der Waals surface area contributed by atoms with Crippen LogP contribution in [0.1, 0.15) is 290 Å². The van der Waals surface area contributed by atoms with Crippen molar-refractivity contribution in [3.63, 3.8) is 0 Å². The fourth-order valence-corrected chi connectivity index (χ4v) is 9.45. The summed E-state index contributed by atoms with van der Waals surface area (Å²) in [6.07, 6.45) is 59.6. The average Bonchev–Trinajstić information content (AvgIpc) is 3.40. The molecule has 12 nitrogen and oxygen atoms in total. The topological polar surface area (TPSA) is 145 Å². The number of allylic oxidation sites excluding steroid dienone is 6. The number of aromatic nitrogens is 3. The van der Waals surface area contributed by atoms with Crippen molar-refractivity contribution in [1.29, 1.82) is 0 Å². The summed E-state index contributed by atoms with van der Waals surface area (Å²) in [6, 6.07) is 0. The Kier molecular flexibility index (Phi) is 48.0. The first kappa shape index (κ1) is 69.1. The molecule has 75 heavy (non-hydrogen) atoms. The van der Waals surface area contributed by atoms with E-state index in [0.717, 1.165) is 90.8 Å². The number of carbonyl (C=O) groups excluding carboxylic acids is 3. The van der Waals surface area contributed by atoms with Crippen LogP contribution in [0.4, 0.5) is 0 Å². The van der Waals surface area contributed by atoms with E-state index in [1.807, 2.05) is 0 Å².